The molecule has 0 fully saturated rings. The topological polar surface area (TPSA) is 106 Å². The second-order valence-electron chi connectivity index (χ2n) is 10.5. The van der Waals surface area contributed by atoms with Gasteiger partial charge in [-0.05, 0) is 26.0 Å². The van der Waals surface area contributed by atoms with Crippen LogP contribution in [0.2, 0.25) is 0 Å². The van der Waals surface area contributed by atoms with Crippen LogP contribution < -0.4 is 10.2 Å². The van der Waals surface area contributed by atoms with E-state index in [1.54, 1.807) is 84.9 Å². The second kappa shape index (κ2) is 16.1. The maximum Gasteiger partial charge on any atom is 2.00 e. The number of nitrogens with zero attached hydrogens (tertiary/aromatic N) is 2. The van der Waals surface area contributed by atoms with Crippen molar-refractivity contribution in [3.63, 3.8) is 0 Å². The molecule has 1 radical (unpaired) electrons. The van der Waals surface area contributed by atoms with Crippen LogP contribution in [0.15, 0.2) is 146 Å². The normalized spacial score (nSPS) is 10.1. The molecule has 2 heterocycles. The fraction of sp³-hybridized carbons (Fsp3) is 0.0500. The van der Waals surface area contributed by atoms with Crippen LogP contribution in [0, 0.1) is 13.8 Å². The Labute approximate surface area is 283 Å². The first kappa shape index (κ1) is 34.2. The van der Waals surface area contributed by atoms with Crippen LogP contribution in [-0.4, -0.2) is 21.5 Å². The molecule has 0 aliphatic heterocycles. The van der Waals surface area contributed by atoms with Crippen LogP contribution in [0.3, 0.4) is 0 Å². The Kier molecular flexibility index (Phi) is 11.7. The van der Waals surface area contributed by atoms with Gasteiger partial charge in [-0.1, -0.05) is 145 Å². The fourth-order valence-corrected chi connectivity index (χ4v) is 4.76. The predicted molar refractivity (Wildman–Crippen MR) is 178 cm³/mol. The number of hydrogen-bond acceptors (Lipinski definition) is 6. The van der Waals surface area contributed by atoms with Crippen LogP contribution in [0.4, 0.5) is 0 Å². The van der Waals surface area contributed by atoms with Crippen LogP contribution in [0.1, 0.15) is 43.2 Å². The number of rotatable bonds is 4. The van der Waals surface area contributed by atoms with Crippen LogP contribution in [-0.2, 0) is 16.8 Å². The minimum absolute atomic E-state index is 0. The van der Waals surface area contributed by atoms with Gasteiger partial charge in [-0.2, -0.15) is 0 Å². The number of aryl methyl sites for hydroxylation is 2. The van der Waals surface area contributed by atoms with E-state index in [2.05, 4.69) is 34.2 Å². The third-order valence-electron chi connectivity index (χ3n) is 7.13. The summed E-state index contributed by atoms with van der Waals surface area (Å²) in [5.41, 5.74) is 5.60. The first-order chi connectivity index (χ1) is 22.3. The van der Waals surface area contributed by atoms with E-state index in [0.717, 1.165) is 33.2 Å². The largest absolute Gasteiger partial charge is 2.00 e. The Bertz CT molecular complexity index is 1980. The molecule has 0 aliphatic carbocycles. The van der Waals surface area contributed by atoms with Gasteiger partial charge in [-0.15, -0.1) is 0 Å². The average molecular weight is 662 g/mol. The Balaban J connectivity index is 0.000000158. The third-order valence-corrected chi connectivity index (χ3v) is 7.13. The van der Waals surface area contributed by atoms with Crippen molar-refractivity contribution >= 4 is 33.4 Å². The SMILES string of the molecule is Cc1ccc2ccc3ccc(C)nc3c2n1.O=C(c1ccccc1)c1ccccc1[O-].O=C(c1ccccc1)c1ccccc1[O-].[Co+2]. The molecule has 0 saturated heterocycles. The van der Waals surface area contributed by atoms with Crippen molar-refractivity contribution < 1.29 is 36.6 Å². The maximum atomic E-state index is 11.9. The van der Waals surface area contributed by atoms with Gasteiger partial charge in [0, 0.05) is 44.4 Å². The molecule has 0 unspecified atom stereocenters. The molecule has 0 bridgehead atoms. The number of para-hydroxylation sites is 2. The van der Waals surface area contributed by atoms with Gasteiger partial charge in [0.2, 0.25) is 0 Å². The summed E-state index contributed by atoms with van der Waals surface area (Å²) in [6.07, 6.45) is 0. The molecular weight excluding hydrogens is 631 g/mol. The number of aromatic nitrogens is 2. The molecule has 0 atom stereocenters. The summed E-state index contributed by atoms with van der Waals surface area (Å²) in [5.74, 6) is -0.903. The Morgan fingerprint density at radius 1 is 0.447 bits per heavy atom. The van der Waals surface area contributed by atoms with Gasteiger partial charge in [-0.3, -0.25) is 19.6 Å². The number of carbonyl (C=O) groups is 2. The first-order valence-corrected chi connectivity index (χ1v) is 14.7. The van der Waals surface area contributed by atoms with Crippen molar-refractivity contribution in [3.8, 4) is 11.5 Å². The molecule has 0 spiro atoms. The Morgan fingerprint density at radius 2 is 0.766 bits per heavy atom. The van der Waals surface area contributed by atoms with Gasteiger partial charge >= 0.3 is 16.8 Å². The summed E-state index contributed by atoms with van der Waals surface area (Å²) < 4.78 is 0. The molecule has 0 saturated carbocycles. The zero-order valence-corrected chi connectivity index (χ0v) is 26.8. The summed E-state index contributed by atoms with van der Waals surface area (Å²) in [5, 5.41) is 25.1. The number of carbonyl (C=O) groups excluding carboxylic acids is 2. The maximum absolute atomic E-state index is 11.9. The molecule has 0 aliphatic rings. The van der Waals surface area contributed by atoms with E-state index >= 15 is 0 Å². The summed E-state index contributed by atoms with van der Waals surface area (Å²) in [6.45, 7) is 4.02. The zero-order chi connectivity index (χ0) is 32.5. The van der Waals surface area contributed by atoms with Crippen LogP contribution in [0.5, 0.6) is 11.5 Å². The molecule has 2 aromatic heterocycles. The number of ketones is 2. The van der Waals surface area contributed by atoms with Crippen molar-refractivity contribution in [3.05, 3.63) is 179 Å². The van der Waals surface area contributed by atoms with E-state index < -0.39 is 0 Å². The van der Waals surface area contributed by atoms with Crippen molar-refractivity contribution in [2.75, 3.05) is 0 Å². The number of hydrogen-bond donors (Lipinski definition) is 0. The average Bonchev–Trinajstić information content (AvgIpc) is 3.09. The molecule has 7 aromatic rings. The monoisotopic (exact) mass is 661 g/mol. The van der Waals surface area contributed by atoms with Gasteiger partial charge in [0.1, 0.15) is 0 Å². The standard InChI is InChI=1S/C14H12N2.2C13H10O2.Co/c1-9-3-5-11-7-8-12-6-4-10(2)16-14(12)13(11)15-9;2*14-12-9-5-4-8-11(12)13(15)10-6-2-1-3-7-10;/h3-8H,1-2H3;2*1-9,14H;/q;;;+2/p-2. The molecule has 0 amide bonds. The Hall–Kier alpha value is -5.63. The third kappa shape index (κ3) is 8.55. The first-order valence-electron chi connectivity index (χ1n) is 14.7. The van der Waals surface area contributed by atoms with Gasteiger partial charge < -0.3 is 10.2 Å². The molecule has 7 rings (SSSR count). The van der Waals surface area contributed by atoms with Gasteiger partial charge in [0.05, 0.1) is 11.0 Å². The zero-order valence-electron chi connectivity index (χ0n) is 25.7. The van der Waals surface area contributed by atoms with E-state index in [4.69, 9.17) is 0 Å². The molecule has 5 aromatic carbocycles. The van der Waals surface area contributed by atoms with Gasteiger partial charge in [0.15, 0.2) is 11.6 Å². The quantitative estimate of drug-likeness (QED) is 0.144. The molecule has 0 N–H and O–H groups in total. The van der Waals surface area contributed by atoms with Crippen molar-refractivity contribution in [1.29, 1.82) is 0 Å². The van der Waals surface area contributed by atoms with Crippen molar-refractivity contribution in [2.24, 2.45) is 0 Å². The van der Waals surface area contributed by atoms with Gasteiger partial charge in [-0.25, -0.2) is 0 Å². The molecular formula is C40H30CoN2O4. The second-order valence-corrected chi connectivity index (χ2v) is 10.5. The molecule has 47 heavy (non-hydrogen) atoms. The number of benzene rings is 5. The molecule has 6 nitrogen and oxygen atoms in total. The summed E-state index contributed by atoms with van der Waals surface area (Å²) in [7, 11) is 0. The predicted octanol–water partition coefficient (Wildman–Crippen LogP) is 7.38. The molecule has 233 valence electrons. The summed E-state index contributed by atoms with van der Waals surface area (Å²) >= 11 is 0. The van der Waals surface area contributed by atoms with E-state index in [-0.39, 0.29) is 51.0 Å². The summed E-state index contributed by atoms with van der Waals surface area (Å²) in [6, 6.07) is 42.6. The number of pyridine rings is 2. The Morgan fingerprint density at radius 3 is 1.13 bits per heavy atom. The smallest absolute Gasteiger partial charge is 0.872 e. The van der Waals surface area contributed by atoms with Crippen LogP contribution in [0.25, 0.3) is 21.8 Å². The van der Waals surface area contributed by atoms with E-state index in [1.165, 1.54) is 12.1 Å². The minimum atomic E-state index is -0.230. The van der Waals surface area contributed by atoms with Crippen molar-refractivity contribution in [2.45, 2.75) is 13.8 Å². The van der Waals surface area contributed by atoms with E-state index in [0.29, 0.717) is 11.1 Å². The fourth-order valence-electron chi connectivity index (χ4n) is 4.76. The summed E-state index contributed by atoms with van der Waals surface area (Å²) in [4.78, 5) is 32.9. The van der Waals surface area contributed by atoms with E-state index in [1.807, 2.05) is 38.1 Å². The minimum Gasteiger partial charge on any atom is -0.872 e. The number of fused-ring (bicyclic) bond motifs is 3. The van der Waals surface area contributed by atoms with Gasteiger partial charge in [0.25, 0.3) is 0 Å². The molecule has 7 heteroatoms. The van der Waals surface area contributed by atoms with Crippen LogP contribution >= 0.6 is 0 Å². The van der Waals surface area contributed by atoms with Crippen molar-refractivity contribution in [1.82, 2.24) is 9.97 Å². The van der Waals surface area contributed by atoms with E-state index in [9.17, 15) is 19.8 Å².